The molecule has 4 heterocycles. The summed E-state index contributed by atoms with van der Waals surface area (Å²) in [5.74, 6) is 0.0143. The van der Waals surface area contributed by atoms with Crippen LogP contribution in [0.1, 0.15) is 48.1 Å². The third-order valence-corrected chi connectivity index (χ3v) is 5.77. The average molecular weight is 387 g/mol. The molecule has 0 aliphatic carbocycles. The van der Waals surface area contributed by atoms with Crippen LogP contribution in [0.2, 0.25) is 0 Å². The maximum Gasteiger partial charge on any atom is 0.257 e. The highest BCUT2D eigenvalue weighted by Gasteiger charge is 2.38. The van der Waals surface area contributed by atoms with Crippen LogP contribution in [0.4, 0.5) is 0 Å². The molecule has 0 unspecified atom stereocenters. The summed E-state index contributed by atoms with van der Waals surface area (Å²) in [6.45, 7) is 6.96. The number of aromatic nitrogens is 4. The molecule has 2 aliphatic heterocycles. The SMILES string of the molecule is CCn1cc(C(=O)N2CCO[C@@H](CN3CCCCC3)[C@@H]2c2cnn(C)c2)cn1. The molecule has 0 aromatic carbocycles. The van der Waals surface area contributed by atoms with E-state index in [0.717, 1.165) is 31.7 Å². The Bertz CT molecular complexity index is 794. The molecule has 2 saturated heterocycles. The lowest BCUT2D eigenvalue weighted by molar-refractivity contribution is -0.0741. The Hall–Kier alpha value is -2.19. The lowest BCUT2D eigenvalue weighted by Crippen LogP contribution is -2.52. The van der Waals surface area contributed by atoms with E-state index in [1.54, 1.807) is 15.6 Å². The van der Waals surface area contributed by atoms with Crippen molar-refractivity contribution in [1.82, 2.24) is 29.4 Å². The van der Waals surface area contributed by atoms with Crippen LogP contribution in [0.5, 0.6) is 0 Å². The third kappa shape index (κ3) is 3.98. The van der Waals surface area contributed by atoms with Gasteiger partial charge in [0.1, 0.15) is 0 Å². The topological polar surface area (TPSA) is 68.4 Å². The number of carbonyl (C=O) groups is 1. The minimum Gasteiger partial charge on any atom is -0.373 e. The molecule has 2 atom stereocenters. The quantitative estimate of drug-likeness (QED) is 0.782. The van der Waals surface area contributed by atoms with Crippen LogP contribution in [0, 0.1) is 0 Å². The molecule has 152 valence electrons. The van der Waals surface area contributed by atoms with Crippen LogP contribution in [-0.4, -0.2) is 74.2 Å². The molecular formula is C20H30N6O2. The third-order valence-electron chi connectivity index (χ3n) is 5.77. The van der Waals surface area contributed by atoms with E-state index in [0.29, 0.717) is 18.7 Å². The first-order valence-electron chi connectivity index (χ1n) is 10.3. The Morgan fingerprint density at radius 2 is 1.96 bits per heavy atom. The molecule has 0 N–H and O–H groups in total. The standard InChI is InChI=1S/C20H30N6O2/c1-3-25-14-17(12-22-25)20(27)26-9-10-28-18(15-24-7-5-4-6-8-24)19(26)16-11-21-23(2)13-16/h11-14,18-19H,3-10,15H2,1-2H3/t18-,19-/m0/s1. The van der Waals surface area contributed by atoms with E-state index in [1.807, 2.05) is 37.5 Å². The summed E-state index contributed by atoms with van der Waals surface area (Å²) in [5, 5.41) is 8.63. The van der Waals surface area contributed by atoms with Crippen LogP contribution in [-0.2, 0) is 18.3 Å². The number of carbonyl (C=O) groups excluding carboxylic acids is 1. The van der Waals surface area contributed by atoms with Crippen molar-refractivity contribution in [3.63, 3.8) is 0 Å². The largest absolute Gasteiger partial charge is 0.373 e. The predicted octanol–water partition coefficient (Wildman–Crippen LogP) is 1.70. The molecule has 1 amide bonds. The number of likely N-dealkylation sites (tertiary alicyclic amines) is 1. The number of amides is 1. The average Bonchev–Trinajstić information content (AvgIpc) is 3.37. The Morgan fingerprint density at radius 1 is 1.14 bits per heavy atom. The van der Waals surface area contributed by atoms with Gasteiger partial charge in [-0.3, -0.25) is 14.2 Å². The summed E-state index contributed by atoms with van der Waals surface area (Å²) in [4.78, 5) is 17.8. The summed E-state index contributed by atoms with van der Waals surface area (Å²) in [5.41, 5.74) is 1.66. The highest BCUT2D eigenvalue weighted by molar-refractivity contribution is 5.94. The van der Waals surface area contributed by atoms with E-state index in [2.05, 4.69) is 15.1 Å². The van der Waals surface area contributed by atoms with Crippen LogP contribution >= 0.6 is 0 Å². The molecule has 2 aromatic rings. The number of ether oxygens (including phenoxy) is 1. The van der Waals surface area contributed by atoms with Crippen LogP contribution in [0.3, 0.4) is 0 Å². The highest BCUT2D eigenvalue weighted by atomic mass is 16.5. The maximum atomic E-state index is 13.3. The Kier molecular flexibility index (Phi) is 5.77. The first-order valence-corrected chi connectivity index (χ1v) is 10.3. The maximum absolute atomic E-state index is 13.3. The lowest BCUT2D eigenvalue weighted by Gasteiger charge is -2.43. The zero-order valence-corrected chi connectivity index (χ0v) is 16.8. The van der Waals surface area contributed by atoms with Gasteiger partial charge in [-0.15, -0.1) is 0 Å². The van der Waals surface area contributed by atoms with Crippen molar-refractivity contribution in [2.24, 2.45) is 7.05 Å². The zero-order chi connectivity index (χ0) is 19.5. The van der Waals surface area contributed by atoms with E-state index in [9.17, 15) is 4.79 Å². The summed E-state index contributed by atoms with van der Waals surface area (Å²) in [6, 6.07) is -0.137. The van der Waals surface area contributed by atoms with Gasteiger partial charge in [-0.2, -0.15) is 10.2 Å². The first kappa shape index (κ1) is 19.1. The minimum absolute atomic E-state index is 0.0143. The molecule has 0 bridgehead atoms. The van der Waals surface area contributed by atoms with Gasteiger partial charge in [-0.1, -0.05) is 6.42 Å². The first-order chi connectivity index (χ1) is 13.7. The number of morpholine rings is 1. The zero-order valence-electron chi connectivity index (χ0n) is 16.8. The summed E-state index contributed by atoms with van der Waals surface area (Å²) in [7, 11) is 1.91. The second kappa shape index (κ2) is 8.45. The fraction of sp³-hybridized carbons (Fsp3) is 0.650. The fourth-order valence-corrected chi connectivity index (χ4v) is 4.31. The van der Waals surface area contributed by atoms with E-state index in [-0.39, 0.29) is 18.1 Å². The van der Waals surface area contributed by atoms with Crippen LogP contribution in [0.15, 0.2) is 24.8 Å². The summed E-state index contributed by atoms with van der Waals surface area (Å²) >= 11 is 0. The molecule has 2 aliphatic rings. The molecule has 0 spiro atoms. The van der Waals surface area contributed by atoms with Gasteiger partial charge in [-0.05, 0) is 32.9 Å². The van der Waals surface area contributed by atoms with Crippen molar-refractivity contribution in [2.75, 3.05) is 32.8 Å². The van der Waals surface area contributed by atoms with Crippen molar-refractivity contribution >= 4 is 5.91 Å². The number of nitrogens with zero attached hydrogens (tertiary/aromatic N) is 6. The Balaban J connectivity index is 1.60. The Labute approximate surface area is 166 Å². The molecule has 0 saturated carbocycles. The van der Waals surface area contributed by atoms with E-state index in [1.165, 1.54) is 19.3 Å². The van der Waals surface area contributed by atoms with E-state index in [4.69, 9.17) is 4.74 Å². The van der Waals surface area contributed by atoms with Crippen molar-refractivity contribution in [3.05, 3.63) is 35.9 Å². The smallest absolute Gasteiger partial charge is 0.257 e. The number of rotatable bonds is 5. The number of aryl methyl sites for hydroxylation is 2. The summed E-state index contributed by atoms with van der Waals surface area (Å²) < 4.78 is 9.79. The van der Waals surface area contributed by atoms with Gasteiger partial charge in [0.15, 0.2) is 0 Å². The predicted molar refractivity (Wildman–Crippen MR) is 105 cm³/mol. The fourth-order valence-electron chi connectivity index (χ4n) is 4.31. The van der Waals surface area contributed by atoms with Crippen molar-refractivity contribution < 1.29 is 9.53 Å². The van der Waals surface area contributed by atoms with E-state index >= 15 is 0 Å². The molecule has 4 rings (SSSR count). The van der Waals surface area contributed by atoms with Gasteiger partial charge in [0.05, 0.1) is 36.7 Å². The van der Waals surface area contributed by atoms with Gasteiger partial charge in [-0.25, -0.2) is 0 Å². The van der Waals surface area contributed by atoms with Crippen molar-refractivity contribution in [1.29, 1.82) is 0 Å². The monoisotopic (exact) mass is 386 g/mol. The van der Waals surface area contributed by atoms with Gasteiger partial charge in [0.2, 0.25) is 0 Å². The molecule has 28 heavy (non-hydrogen) atoms. The molecule has 0 radical (unpaired) electrons. The van der Waals surface area contributed by atoms with Crippen LogP contribution < -0.4 is 0 Å². The van der Waals surface area contributed by atoms with Gasteiger partial charge in [0, 0.05) is 44.6 Å². The van der Waals surface area contributed by atoms with Gasteiger partial charge < -0.3 is 14.5 Å². The van der Waals surface area contributed by atoms with E-state index < -0.39 is 0 Å². The van der Waals surface area contributed by atoms with Crippen molar-refractivity contribution in [3.8, 4) is 0 Å². The number of hydrogen-bond acceptors (Lipinski definition) is 5. The second-order valence-corrected chi connectivity index (χ2v) is 7.75. The van der Waals surface area contributed by atoms with Gasteiger partial charge >= 0.3 is 0 Å². The van der Waals surface area contributed by atoms with Crippen LogP contribution in [0.25, 0.3) is 0 Å². The number of hydrogen-bond donors (Lipinski definition) is 0. The second-order valence-electron chi connectivity index (χ2n) is 7.75. The van der Waals surface area contributed by atoms with Crippen molar-refractivity contribution in [2.45, 2.75) is 44.9 Å². The Morgan fingerprint density at radius 3 is 2.64 bits per heavy atom. The molecule has 2 fully saturated rings. The molecule has 8 heteroatoms. The normalized spacial score (nSPS) is 23.9. The number of piperidine rings is 1. The highest BCUT2D eigenvalue weighted by Crippen LogP contribution is 2.31. The molecular weight excluding hydrogens is 356 g/mol. The summed E-state index contributed by atoms with van der Waals surface area (Å²) in [6.07, 6.45) is 11.1. The van der Waals surface area contributed by atoms with Gasteiger partial charge in [0.25, 0.3) is 5.91 Å². The molecule has 8 nitrogen and oxygen atoms in total. The minimum atomic E-state index is -0.137. The molecule has 2 aromatic heterocycles. The lowest BCUT2D eigenvalue weighted by atomic mass is 9.98.